The Labute approximate surface area is 173 Å². The minimum Gasteiger partial charge on any atom is -0.477 e. The number of unbranched alkanes of at least 4 members (excludes halogenated alkanes) is 1. The van der Waals surface area contributed by atoms with Crippen molar-refractivity contribution in [3.8, 4) is 17.7 Å². The molecule has 0 aliphatic carbocycles. The van der Waals surface area contributed by atoms with Crippen LogP contribution in [0.5, 0.6) is 5.88 Å². The number of aromatic nitrogens is 1. The van der Waals surface area contributed by atoms with Gasteiger partial charge < -0.3 is 14.6 Å². The SMILES string of the molecule is COC(=O)CCCC#CCC(O)c1cc2ccccc2nc1OCCCC(F)(F)F. The van der Waals surface area contributed by atoms with Gasteiger partial charge in [-0.15, -0.1) is 11.8 Å². The monoisotopic (exact) mass is 423 g/mol. The van der Waals surface area contributed by atoms with Gasteiger partial charge in [-0.2, -0.15) is 13.2 Å². The summed E-state index contributed by atoms with van der Waals surface area (Å²) in [6.07, 6.45) is -4.98. The molecule has 0 saturated heterocycles. The first-order chi connectivity index (χ1) is 14.3. The minimum atomic E-state index is -4.24. The van der Waals surface area contributed by atoms with Crippen molar-refractivity contribution in [1.82, 2.24) is 4.98 Å². The first-order valence-electron chi connectivity index (χ1n) is 9.60. The highest BCUT2D eigenvalue weighted by Crippen LogP contribution is 2.30. The van der Waals surface area contributed by atoms with Crippen LogP contribution >= 0.6 is 0 Å². The second-order valence-electron chi connectivity index (χ2n) is 6.65. The summed E-state index contributed by atoms with van der Waals surface area (Å²) in [5.74, 6) is 5.55. The van der Waals surface area contributed by atoms with Crippen LogP contribution in [0.15, 0.2) is 30.3 Å². The summed E-state index contributed by atoms with van der Waals surface area (Å²) in [6, 6.07) is 8.91. The lowest BCUT2D eigenvalue weighted by Crippen LogP contribution is -2.11. The number of ether oxygens (including phenoxy) is 2. The molecule has 1 atom stereocenters. The lowest BCUT2D eigenvalue weighted by Gasteiger charge is -2.15. The van der Waals surface area contributed by atoms with E-state index in [4.69, 9.17) is 4.74 Å². The standard InChI is InChI=1S/C22H24F3NO4/c1-29-20(28)12-5-3-2-4-11-19(27)17-15-16-9-6-7-10-18(16)26-21(17)30-14-8-13-22(23,24)25/h6-7,9-10,15,19,27H,3,5,8,11-14H2,1H3. The maximum atomic E-state index is 12.3. The molecule has 0 aliphatic rings. The van der Waals surface area contributed by atoms with Gasteiger partial charge in [0, 0.05) is 36.6 Å². The number of para-hydroxylation sites is 1. The van der Waals surface area contributed by atoms with Crippen molar-refractivity contribution in [1.29, 1.82) is 0 Å². The van der Waals surface area contributed by atoms with E-state index in [1.165, 1.54) is 7.11 Å². The van der Waals surface area contributed by atoms with E-state index in [0.717, 1.165) is 5.39 Å². The van der Waals surface area contributed by atoms with Gasteiger partial charge in [-0.05, 0) is 25.0 Å². The minimum absolute atomic E-state index is 0.107. The van der Waals surface area contributed by atoms with E-state index in [2.05, 4.69) is 21.6 Å². The third-order valence-electron chi connectivity index (χ3n) is 4.25. The number of methoxy groups -OCH3 is 1. The molecule has 1 aromatic heterocycles. The second-order valence-corrected chi connectivity index (χ2v) is 6.65. The molecule has 0 fully saturated rings. The number of aliphatic hydroxyl groups is 1. The van der Waals surface area contributed by atoms with Gasteiger partial charge in [0.2, 0.25) is 5.88 Å². The average molecular weight is 423 g/mol. The topological polar surface area (TPSA) is 68.7 Å². The number of halogens is 3. The van der Waals surface area contributed by atoms with E-state index in [0.29, 0.717) is 23.9 Å². The molecule has 0 radical (unpaired) electrons. The normalized spacial score (nSPS) is 12.2. The third kappa shape index (κ3) is 7.91. The average Bonchev–Trinajstić information content (AvgIpc) is 2.71. The Morgan fingerprint density at radius 3 is 2.73 bits per heavy atom. The molecule has 1 unspecified atom stereocenters. The highest BCUT2D eigenvalue weighted by atomic mass is 19.4. The van der Waals surface area contributed by atoms with E-state index in [-0.39, 0.29) is 37.7 Å². The first kappa shape index (κ1) is 23.5. The number of esters is 1. The Bertz CT molecular complexity index is 903. The van der Waals surface area contributed by atoms with E-state index in [9.17, 15) is 23.1 Å². The molecule has 0 amide bonds. The van der Waals surface area contributed by atoms with Gasteiger partial charge in [-0.3, -0.25) is 4.79 Å². The Kier molecular flexibility index (Phi) is 8.93. The molecule has 0 aliphatic heterocycles. The molecule has 0 saturated carbocycles. The number of alkyl halides is 3. The molecule has 2 rings (SSSR count). The van der Waals surface area contributed by atoms with E-state index >= 15 is 0 Å². The summed E-state index contributed by atoms with van der Waals surface area (Å²) >= 11 is 0. The summed E-state index contributed by atoms with van der Waals surface area (Å²) in [7, 11) is 1.32. The molecule has 162 valence electrons. The molecular weight excluding hydrogens is 399 g/mol. The molecule has 0 spiro atoms. The van der Waals surface area contributed by atoms with E-state index in [1.807, 2.05) is 12.1 Å². The summed E-state index contributed by atoms with van der Waals surface area (Å²) in [6.45, 7) is -0.163. The number of benzene rings is 1. The van der Waals surface area contributed by atoms with Crippen LogP contribution in [0.1, 0.15) is 50.2 Å². The number of aliphatic hydroxyl groups excluding tert-OH is 1. The Hall–Kier alpha value is -2.79. The van der Waals surface area contributed by atoms with Crippen molar-refractivity contribution in [3.05, 3.63) is 35.9 Å². The van der Waals surface area contributed by atoms with E-state index in [1.54, 1.807) is 18.2 Å². The number of nitrogens with zero attached hydrogens (tertiary/aromatic N) is 1. The Morgan fingerprint density at radius 2 is 2.00 bits per heavy atom. The fraction of sp³-hybridized carbons (Fsp3) is 0.455. The van der Waals surface area contributed by atoms with Crippen LogP contribution < -0.4 is 4.74 Å². The number of pyridine rings is 1. The van der Waals surface area contributed by atoms with Crippen molar-refractivity contribution in [3.63, 3.8) is 0 Å². The Morgan fingerprint density at radius 1 is 1.23 bits per heavy atom. The molecule has 2 aromatic rings. The van der Waals surface area contributed by atoms with Crippen LogP contribution in [-0.2, 0) is 9.53 Å². The fourth-order valence-corrected chi connectivity index (χ4v) is 2.70. The summed E-state index contributed by atoms with van der Waals surface area (Å²) in [5, 5.41) is 11.3. The lowest BCUT2D eigenvalue weighted by molar-refractivity contribution is -0.140. The maximum absolute atomic E-state index is 12.3. The van der Waals surface area contributed by atoms with E-state index < -0.39 is 18.7 Å². The summed E-state index contributed by atoms with van der Waals surface area (Å²) in [4.78, 5) is 15.4. The van der Waals surface area contributed by atoms with Gasteiger partial charge in [-0.25, -0.2) is 4.98 Å². The zero-order valence-corrected chi connectivity index (χ0v) is 16.7. The smallest absolute Gasteiger partial charge is 0.389 e. The van der Waals surface area contributed by atoms with Gasteiger partial charge in [0.05, 0.1) is 25.3 Å². The number of rotatable bonds is 9. The lowest BCUT2D eigenvalue weighted by atomic mass is 10.1. The zero-order valence-electron chi connectivity index (χ0n) is 16.7. The maximum Gasteiger partial charge on any atom is 0.389 e. The number of fused-ring (bicyclic) bond motifs is 1. The number of hydrogen-bond acceptors (Lipinski definition) is 5. The van der Waals surface area contributed by atoms with Crippen LogP contribution in [0.2, 0.25) is 0 Å². The summed E-state index contributed by atoms with van der Waals surface area (Å²) in [5.41, 5.74) is 0.998. The van der Waals surface area contributed by atoms with Crippen LogP contribution in [-0.4, -0.2) is 36.0 Å². The van der Waals surface area contributed by atoms with Crippen molar-refractivity contribution in [2.24, 2.45) is 0 Å². The molecule has 5 nitrogen and oxygen atoms in total. The first-order valence-corrected chi connectivity index (χ1v) is 9.60. The fourth-order valence-electron chi connectivity index (χ4n) is 2.70. The van der Waals surface area contributed by atoms with Crippen LogP contribution in [0.4, 0.5) is 13.2 Å². The highest BCUT2D eigenvalue weighted by Gasteiger charge is 2.26. The van der Waals surface area contributed by atoms with Crippen molar-refractivity contribution in [2.45, 2.75) is 50.8 Å². The molecular formula is C22H24F3NO4. The highest BCUT2D eigenvalue weighted by molar-refractivity contribution is 5.80. The predicted octanol–water partition coefficient (Wildman–Crippen LogP) is 4.73. The quantitative estimate of drug-likeness (QED) is 0.359. The Balaban J connectivity index is 2.04. The van der Waals surface area contributed by atoms with Crippen LogP contribution in [0, 0.1) is 11.8 Å². The molecule has 1 heterocycles. The van der Waals surface area contributed by atoms with Gasteiger partial charge in [0.15, 0.2) is 0 Å². The summed E-state index contributed by atoms with van der Waals surface area (Å²) < 4.78 is 47.0. The molecule has 1 aromatic carbocycles. The van der Waals surface area contributed by atoms with Gasteiger partial charge in [0.1, 0.15) is 0 Å². The van der Waals surface area contributed by atoms with Crippen LogP contribution in [0.3, 0.4) is 0 Å². The third-order valence-corrected chi connectivity index (χ3v) is 4.25. The molecule has 8 heteroatoms. The van der Waals surface area contributed by atoms with Crippen LogP contribution in [0.25, 0.3) is 10.9 Å². The molecule has 30 heavy (non-hydrogen) atoms. The number of hydrogen-bond donors (Lipinski definition) is 1. The van der Waals surface area contributed by atoms with Gasteiger partial charge in [-0.1, -0.05) is 18.2 Å². The number of carbonyl (C=O) groups excluding carboxylic acids is 1. The van der Waals surface area contributed by atoms with Gasteiger partial charge in [0.25, 0.3) is 0 Å². The zero-order chi connectivity index (χ0) is 22.0. The molecule has 0 bridgehead atoms. The number of carbonyl (C=O) groups is 1. The second kappa shape index (κ2) is 11.4. The molecule has 1 N–H and O–H groups in total. The largest absolute Gasteiger partial charge is 0.477 e. The van der Waals surface area contributed by atoms with Gasteiger partial charge >= 0.3 is 12.1 Å². The van der Waals surface area contributed by atoms with Crippen molar-refractivity contribution >= 4 is 16.9 Å². The van der Waals surface area contributed by atoms with Crippen molar-refractivity contribution in [2.75, 3.05) is 13.7 Å². The predicted molar refractivity (Wildman–Crippen MR) is 106 cm³/mol. The van der Waals surface area contributed by atoms with Crippen molar-refractivity contribution < 1.29 is 32.5 Å².